The first kappa shape index (κ1) is 16.9. The molecule has 26 heavy (non-hydrogen) atoms. The summed E-state index contributed by atoms with van der Waals surface area (Å²) in [7, 11) is 0. The van der Waals surface area contributed by atoms with Gasteiger partial charge in [-0.05, 0) is 25.0 Å². The second-order valence-electron chi connectivity index (χ2n) is 6.58. The Labute approximate surface area is 148 Å². The van der Waals surface area contributed by atoms with E-state index in [1.165, 1.54) is 4.90 Å². The van der Waals surface area contributed by atoms with Gasteiger partial charge in [-0.1, -0.05) is 6.07 Å². The number of nitrogens with one attached hydrogen (secondary N) is 1. The Balaban J connectivity index is 1.56. The number of pyridine rings is 1. The Hall–Kier alpha value is -2.58. The highest BCUT2D eigenvalue weighted by Gasteiger charge is 2.40. The van der Waals surface area contributed by atoms with Crippen LogP contribution in [-0.2, 0) is 19.1 Å². The molecule has 0 atom stereocenters. The number of hydrogen-bond acceptors (Lipinski definition) is 4. The lowest BCUT2D eigenvalue weighted by molar-refractivity contribution is -0.142. The van der Waals surface area contributed by atoms with Crippen LogP contribution < -0.4 is 4.90 Å². The molecule has 0 spiro atoms. The number of hydrogen-bond donors (Lipinski definition) is 1. The number of halogens is 3. The third kappa shape index (κ3) is 3.02. The minimum atomic E-state index is -4.54. The third-order valence-electron chi connectivity index (χ3n) is 4.87. The Kier molecular flexibility index (Phi) is 4.08. The van der Waals surface area contributed by atoms with E-state index >= 15 is 0 Å². The number of rotatable bonds is 2. The molecule has 1 fully saturated rings. The summed E-state index contributed by atoms with van der Waals surface area (Å²) in [5.41, 5.74) is -0.188. The first-order valence-electron chi connectivity index (χ1n) is 8.58. The van der Waals surface area contributed by atoms with Gasteiger partial charge in [0.1, 0.15) is 11.5 Å². The lowest BCUT2D eigenvalue weighted by atomic mass is 10.0. The fourth-order valence-electron chi connectivity index (χ4n) is 3.53. The molecule has 2 aliphatic heterocycles. The van der Waals surface area contributed by atoms with Gasteiger partial charge in [0.2, 0.25) is 0 Å². The molecular weight excluding hydrogens is 347 g/mol. The molecule has 1 N–H and O–H groups in total. The normalized spacial score (nSPS) is 17.5. The third-order valence-corrected chi connectivity index (χ3v) is 4.87. The summed E-state index contributed by atoms with van der Waals surface area (Å²) in [5, 5.41) is 5.84. The average molecular weight is 365 g/mol. The van der Waals surface area contributed by atoms with Crippen molar-refractivity contribution in [3.8, 4) is 0 Å². The Bertz CT molecular complexity index is 826. The largest absolute Gasteiger partial charge is 0.435 e. The number of alkyl halides is 3. The highest BCUT2D eigenvalue weighted by atomic mass is 19.4. The lowest BCUT2D eigenvalue weighted by Crippen LogP contribution is -2.37. The fraction of sp³-hybridized carbons (Fsp3) is 0.471. The summed E-state index contributed by atoms with van der Waals surface area (Å²) in [4.78, 5) is 20.7. The zero-order valence-electron chi connectivity index (χ0n) is 14.0. The summed E-state index contributed by atoms with van der Waals surface area (Å²) in [6, 6.07) is 5.23. The Morgan fingerprint density at radius 3 is 2.65 bits per heavy atom. The van der Waals surface area contributed by atoms with Gasteiger partial charge in [-0.2, -0.15) is 18.3 Å². The van der Waals surface area contributed by atoms with E-state index < -0.39 is 11.9 Å². The van der Waals surface area contributed by atoms with Crippen LogP contribution in [0.3, 0.4) is 0 Å². The first-order chi connectivity index (χ1) is 12.4. The highest BCUT2D eigenvalue weighted by molar-refractivity contribution is 5.92. The highest BCUT2D eigenvalue weighted by Crippen LogP contribution is 2.34. The zero-order valence-corrected chi connectivity index (χ0v) is 14.0. The molecule has 6 nitrogen and oxygen atoms in total. The number of amides is 1. The van der Waals surface area contributed by atoms with Gasteiger partial charge in [0.25, 0.3) is 5.91 Å². The fourth-order valence-corrected chi connectivity index (χ4v) is 3.53. The van der Waals surface area contributed by atoms with E-state index in [4.69, 9.17) is 0 Å². The molecule has 2 aromatic heterocycles. The molecule has 4 rings (SSSR count). The molecule has 0 saturated carbocycles. The monoisotopic (exact) mass is 365 g/mol. The maximum Gasteiger partial charge on any atom is 0.435 e. The molecule has 0 radical (unpaired) electrons. The van der Waals surface area contributed by atoms with Gasteiger partial charge in [0.05, 0.1) is 6.54 Å². The Morgan fingerprint density at radius 1 is 1.15 bits per heavy atom. The van der Waals surface area contributed by atoms with Crippen LogP contribution in [0, 0.1) is 0 Å². The number of aromatic nitrogens is 3. The van der Waals surface area contributed by atoms with E-state index in [-0.39, 0.29) is 23.7 Å². The van der Waals surface area contributed by atoms with Crippen LogP contribution in [0.2, 0.25) is 0 Å². The SMILES string of the molecule is O=C(c1cccc(N2CCCC2)n1)N1CCc2[nH]nc(C(F)(F)F)c2C1. The molecule has 9 heteroatoms. The minimum Gasteiger partial charge on any atom is -0.357 e. The predicted molar refractivity (Wildman–Crippen MR) is 87.7 cm³/mol. The van der Waals surface area contributed by atoms with Gasteiger partial charge in [-0.15, -0.1) is 0 Å². The van der Waals surface area contributed by atoms with E-state index in [1.807, 2.05) is 6.07 Å². The van der Waals surface area contributed by atoms with Gasteiger partial charge in [-0.3, -0.25) is 9.89 Å². The van der Waals surface area contributed by atoms with Crippen LogP contribution >= 0.6 is 0 Å². The number of aromatic amines is 1. The van der Waals surface area contributed by atoms with Crippen LogP contribution in [0.4, 0.5) is 19.0 Å². The van der Waals surface area contributed by atoms with Crippen molar-refractivity contribution in [2.45, 2.75) is 32.0 Å². The maximum absolute atomic E-state index is 13.1. The van der Waals surface area contributed by atoms with Crippen LogP contribution in [0.5, 0.6) is 0 Å². The van der Waals surface area contributed by atoms with Crippen LogP contribution in [0.25, 0.3) is 0 Å². The summed E-state index contributed by atoms with van der Waals surface area (Å²) < 4.78 is 39.2. The minimum absolute atomic E-state index is 0.0489. The van der Waals surface area contributed by atoms with E-state index in [2.05, 4.69) is 20.1 Å². The molecule has 0 aliphatic carbocycles. The standard InChI is InChI=1S/C17H18F3N5O/c18-17(19,20)15-11-10-25(9-6-12(11)22-23-15)16(26)13-4-3-5-14(21-13)24-7-1-2-8-24/h3-5H,1-2,6-10H2,(H,22,23). The molecule has 0 bridgehead atoms. The number of carbonyl (C=O) groups excluding carboxylic acids is 1. The van der Waals surface area contributed by atoms with Gasteiger partial charge < -0.3 is 9.80 Å². The number of nitrogens with zero attached hydrogens (tertiary/aromatic N) is 4. The molecule has 2 aromatic rings. The molecule has 1 saturated heterocycles. The number of fused-ring (bicyclic) bond motifs is 1. The van der Waals surface area contributed by atoms with Crippen LogP contribution in [0.15, 0.2) is 18.2 Å². The summed E-state index contributed by atoms with van der Waals surface area (Å²) in [6.45, 7) is 2.03. The second kappa shape index (κ2) is 6.30. The number of anilines is 1. The molecule has 138 valence electrons. The van der Waals surface area contributed by atoms with E-state index in [0.717, 1.165) is 31.7 Å². The molecule has 0 unspecified atom stereocenters. The number of H-pyrrole nitrogens is 1. The topological polar surface area (TPSA) is 65.1 Å². The summed E-state index contributed by atoms with van der Waals surface area (Å²) in [5.74, 6) is 0.386. The van der Waals surface area contributed by atoms with Crippen molar-refractivity contribution in [3.05, 3.63) is 40.8 Å². The van der Waals surface area contributed by atoms with Crippen molar-refractivity contribution in [1.82, 2.24) is 20.1 Å². The van der Waals surface area contributed by atoms with Gasteiger partial charge in [-0.25, -0.2) is 4.98 Å². The average Bonchev–Trinajstić information content (AvgIpc) is 3.29. The van der Waals surface area contributed by atoms with Crippen molar-refractivity contribution in [1.29, 1.82) is 0 Å². The van der Waals surface area contributed by atoms with Crippen molar-refractivity contribution in [2.24, 2.45) is 0 Å². The van der Waals surface area contributed by atoms with Crippen molar-refractivity contribution >= 4 is 11.7 Å². The van der Waals surface area contributed by atoms with Crippen LogP contribution in [-0.4, -0.2) is 45.6 Å². The Morgan fingerprint density at radius 2 is 1.92 bits per heavy atom. The van der Waals surface area contributed by atoms with Crippen molar-refractivity contribution in [2.75, 3.05) is 24.5 Å². The zero-order chi connectivity index (χ0) is 18.3. The molecule has 0 aromatic carbocycles. The first-order valence-corrected chi connectivity index (χ1v) is 8.58. The van der Waals surface area contributed by atoms with E-state index in [0.29, 0.717) is 18.7 Å². The van der Waals surface area contributed by atoms with Crippen molar-refractivity contribution in [3.63, 3.8) is 0 Å². The van der Waals surface area contributed by atoms with Gasteiger partial charge in [0, 0.05) is 37.3 Å². The maximum atomic E-state index is 13.1. The molecule has 4 heterocycles. The summed E-state index contributed by atoms with van der Waals surface area (Å²) >= 11 is 0. The molecule has 2 aliphatic rings. The van der Waals surface area contributed by atoms with E-state index in [9.17, 15) is 18.0 Å². The van der Waals surface area contributed by atoms with Gasteiger partial charge >= 0.3 is 6.18 Å². The van der Waals surface area contributed by atoms with Gasteiger partial charge in [0.15, 0.2) is 5.69 Å². The predicted octanol–water partition coefficient (Wildman–Crippen LogP) is 2.62. The smallest absolute Gasteiger partial charge is 0.357 e. The molecular formula is C17H18F3N5O. The summed E-state index contributed by atoms with van der Waals surface area (Å²) in [6.07, 6.45) is -2.04. The quantitative estimate of drug-likeness (QED) is 0.889. The van der Waals surface area contributed by atoms with Crippen molar-refractivity contribution < 1.29 is 18.0 Å². The number of carbonyl (C=O) groups is 1. The second-order valence-corrected chi connectivity index (χ2v) is 6.58. The van der Waals surface area contributed by atoms with E-state index in [1.54, 1.807) is 12.1 Å². The lowest BCUT2D eigenvalue weighted by Gasteiger charge is -2.27. The van der Waals surface area contributed by atoms with Crippen LogP contribution in [0.1, 0.15) is 40.3 Å². The molecule has 1 amide bonds.